The molecule has 0 aliphatic carbocycles. The molecule has 1 atom stereocenters. The van der Waals surface area contributed by atoms with Crippen LogP contribution in [0.15, 0.2) is 59.5 Å². The Morgan fingerprint density at radius 3 is 2.22 bits per heavy atom. The van der Waals surface area contributed by atoms with Gasteiger partial charge < -0.3 is 14.6 Å². The Bertz CT molecular complexity index is 1270. The molecule has 1 aromatic heterocycles. The second kappa shape index (κ2) is 8.93. The molecule has 3 rings (SSSR count). The third-order valence-corrected chi connectivity index (χ3v) is 5.77. The summed E-state index contributed by atoms with van der Waals surface area (Å²) in [5.74, 6) is -1.64. The van der Waals surface area contributed by atoms with Gasteiger partial charge in [0.1, 0.15) is 5.82 Å². The summed E-state index contributed by atoms with van der Waals surface area (Å²) in [7, 11) is -3.84. The molecule has 0 aliphatic rings. The van der Waals surface area contributed by atoms with Crippen LogP contribution in [0.4, 0.5) is 10.1 Å². The van der Waals surface area contributed by atoms with Crippen LogP contribution in [0.2, 0.25) is 0 Å². The molecule has 8 nitrogen and oxygen atoms in total. The highest BCUT2D eigenvalue weighted by atomic mass is 32.2. The number of ether oxygens (including phenoxy) is 1. The van der Waals surface area contributed by atoms with Crippen molar-refractivity contribution in [3.8, 4) is 5.69 Å². The first-order chi connectivity index (χ1) is 15.0. The number of nitrogens with two attached hydrogens (primary N) is 1. The van der Waals surface area contributed by atoms with E-state index in [-0.39, 0.29) is 16.3 Å². The van der Waals surface area contributed by atoms with Gasteiger partial charge in [0.05, 0.1) is 10.5 Å². The molecule has 0 fully saturated rings. The molecular weight excluding hydrogens is 437 g/mol. The number of hydrogen-bond donors (Lipinski definition) is 2. The number of primary sulfonamides is 1. The summed E-state index contributed by atoms with van der Waals surface area (Å²) in [6.45, 7) is 4.95. The molecule has 1 amide bonds. The van der Waals surface area contributed by atoms with Gasteiger partial charge >= 0.3 is 5.97 Å². The molecule has 0 spiro atoms. The number of sulfonamides is 1. The Kier molecular flexibility index (Phi) is 6.47. The van der Waals surface area contributed by atoms with Crippen molar-refractivity contribution in [2.45, 2.75) is 31.8 Å². The summed E-state index contributed by atoms with van der Waals surface area (Å²) in [4.78, 5) is 25.0. The summed E-state index contributed by atoms with van der Waals surface area (Å²) in [6, 6.07) is 12.8. The molecule has 2 aromatic carbocycles. The van der Waals surface area contributed by atoms with Gasteiger partial charge in [0, 0.05) is 22.8 Å². The van der Waals surface area contributed by atoms with Gasteiger partial charge in [-0.05, 0) is 75.4 Å². The molecule has 3 N–H and O–H groups in total. The highest BCUT2D eigenvalue weighted by Crippen LogP contribution is 2.22. The maximum absolute atomic E-state index is 13.2. The fraction of sp³-hybridized carbons (Fsp3) is 0.182. The van der Waals surface area contributed by atoms with Gasteiger partial charge in [0.25, 0.3) is 5.91 Å². The minimum atomic E-state index is -3.84. The molecule has 0 aliphatic heterocycles. The molecule has 168 valence electrons. The lowest BCUT2D eigenvalue weighted by molar-refractivity contribution is -0.123. The van der Waals surface area contributed by atoms with E-state index in [2.05, 4.69) is 5.32 Å². The van der Waals surface area contributed by atoms with Crippen molar-refractivity contribution in [1.29, 1.82) is 0 Å². The van der Waals surface area contributed by atoms with Crippen LogP contribution >= 0.6 is 0 Å². The van der Waals surface area contributed by atoms with Gasteiger partial charge in [0.15, 0.2) is 6.10 Å². The van der Waals surface area contributed by atoms with E-state index in [4.69, 9.17) is 9.88 Å². The minimum Gasteiger partial charge on any atom is -0.449 e. The lowest BCUT2D eigenvalue weighted by Gasteiger charge is -2.14. The van der Waals surface area contributed by atoms with Crippen molar-refractivity contribution >= 4 is 27.6 Å². The smallest absolute Gasteiger partial charge is 0.340 e. The van der Waals surface area contributed by atoms with Gasteiger partial charge in [-0.15, -0.1) is 0 Å². The zero-order chi connectivity index (χ0) is 23.6. The molecular formula is C22H22FN3O5S. The molecule has 10 heteroatoms. The SMILES string of the molecule is Cc1cc(C(=O)O[C@H](C)C(=O)Nc2ccc(S(N)(=O)=O)cc2)c(C)n1-c1ccc(F)cc1. The number of aryl methyl sites for hydroxylation is 1. The van der Waals surface area contributed by atoms with Crippen LogP contribution in [-0.4, -0.2) is 31.0 Å². The Hall–Kier alpha value is -3.50. The highest BCUT2D eigenvalue weighted by molar-refractivity contribution is 7.89. The maximum atomic E-state index is 13.2. The first-order valence-corrected chi connectivity index (χ1v) is 11.1. The molecule has 0 saturated heterocycles. The molecule has 1 heterocycles. The van der Waals surface area contributed by atoms with Gasteiger partial charge in [-0.3, -0.25) is 4.79 Å². The number of aromatic nitrogens is 1. The number of nitrogens with zero attached hydrogens (tertiary/aromatic N) is 1. The van der Waals surface area contributed by atoms with E-state index in [1.165, 1.54) is 43.3 Å². The van der Waals surface area contributed by atoms with Gasteiger partial charge in [-0.2, -0.15) is 0 Å². The van der Waals surface area contributed by atoms with Crippen molar-refractivity contribution in [2.24, 2.45) is 5.14 Å². The predicted octanol–water partition coefficient (Wildman–Crippen LogP) is 3.06. The lowest BCUT2D eigenvalue weighted by Crippen LogP contribution is -2.30. The number of carbonyl (C=O) groups excluding carboxylic acids is 2. The Morgan fingerprint density at radius 2 is 1.66 bits per heavy atom. The number of anilines is 1. The van der Waals surface area contributed by atoms with Crippen molar-refractivity contribution in [3.63, 3.8) is 0 Å². The number of halogens is 1. The number of hydrogen-bond acceptors (Lipinski definition) is 5. The van der Waals surface area contributed by atoms with Crippen LogP contribution in [0.1, 0.15) is 28.7 Å². The van der Waals surface area contributed by atoms with Crippen LogP contribution in [0, 0.1) is 19.7 Å². The van der Waals surface area contributed by atoms with E-state index in [0.717, 1.165) is 5.69 Å². The van der Waals surface area contributed by atoms with Crippen molar-refractivity contribution in [2.75, 3.05) is 5.32 Å². The topological polar surface area (TPSA) is 120 Å². The average Bonchev–Trinajstić information content (AvgIpc) is 3.02. The van der Waals surface area contributed by atoms with Crippen LogP contribution in [0.3, 0.4) is 0 Å². The Labute approximate surface area is 184 Å². The minimum absolute atomic E-state index is 0.0912. The molecule has 0 unspecified atom stereocenters. The van der Waals surface area contributed by atoms with Gasteiger partial charge in [0.2, 0.25) is 10.0 Å². The summed E-state index contributed by atoms with van der Waals surface area (Å²) in [5, 5.41) is 7.59. The van der Waals surface area contributed by atoms with E-state index in [0.29, 0.717) is 17.1 Å². The number of carbonyl (C=O) groups is 2. The van der Waals surface area contributed by atoms with Gasteiger partial charge in [-0.25, -0.2) is 22.7 Å². The van der Waals surface area contributed by atoms with E-state index >= 15 is 0 Å². The second-order valence-electron chi connectivity index (χ2n) is 7.20. The zero-order valence-electron chi connectivity index (χ0n) is 17.6. The fourth-order valence-corrected chi connectivity index (χ4v) is 3.72. The monoisotopic (exact) mass is 459 g/mol. The van der Waals surface area contributed by atoms with Crippen LogP contribution in [0.25, 0.3) is 5.69 Å². The van der Waals surface area contributed by atoms with Crippen LogP contribution in [0.5, 0.6) is 0 Å². The first kappa shape index (κ1) is 23.2. The van der Waals surface area contributed by atoms with Crippen LogP contribution < -0.4 is 10.5 Å². The highest BCUT2D eigenvalue weighted by Gasteiger charge is 2.23. The van der Waals surface area contributed by atoms with Crippen molar-refractivity contribution in [3.05, 3.63) is 77.4 Å². The maximum Gasteiger partial charge on any atom is 0.340 e. The first-order valence-electron chi connectivity index (χ1n) is 9.57. The van der Waals surface area contributed by atoms with E-state index in [9.17, 15) is 22.4 Å². The normalized spacial score (nSPS) is 12.3. The summed E-state index contributed by atoms with van der Waals surface area (Å²) in [6.07, 6.45) is -1.12. The molecule has 0 saturated carbocycles. The third kappa shape index (κ3) is 5.04. The summed E-state index contributed by atoms with van der Waals surface area (Å²) >= 11 is 0. The largest absolute Gasteiger partial charge is 0.449 e. The predicted molar refractivity (Wildman–Crippen MR) is 117 cm³/mol. The molecule has 32 heavy (non-hydrogen) atoms. The van der Waals surface area contributed by atoms with Crippen molar-refractivity contribution < 1.29 is 27.1 Å². The van der Waals surface area contributed by atoms with Crippen LogP contribution in [-0.2, 0) is 19.6 Å². The molecule has 0 radical (unpaired) electrons. The fourth-order valence-electron chi connectivity index (χ4n) is 3.21. The van der Waals surface area contributed by atoms with Gasteiger partial charge in [-0.1, -0.05) is 0 Å². The Morgan fingerprint density at radius 1 is 1.06 bits per heavy atom. The third-order valence-electron chi connectivity index (χ3n) is 4.84. The quantitative estimate of drug-likeness (QED) is 0.549. The van der Waals surface area contributed by atoms with E-state index < -0.39 is 28.0 Å². The number of nitrogens with one attached hydrogen (secondary N) is 1. The standard InChI is InChI=1S/C22H22FN3O5S/c1-13-12-20(14(2)26(13)18-8-4-16(23)5-9-18)22(28)31-15(3)21(27)25-17-6-10-19(11-7-17)32(24,29)30/h4-12,15H,1-3H3,(H,25,27)(H2,24,29,30)/t15-/m1/s1. The number of esters is 1. The lowest BCUT2D eigenvalue weighted by atomic mass is 10.2. The summed E-state index contributed by atoms with van der Waals surface area (Å²) in [5.41, 5.74) is 2.62. The number of benzene rings is 2. The number of rotatable bonds is 6. The Balaban J connectivity index is 1.71. The van der Waals surface area contributed by atoms with E-state index in [1.807, 2.05) is 0 Å². The summed E-state index contributed by atoms with van der Waals surface area (Å²) < 4.78 is 42.9. The van der Waals surface area contributed by atoms with E-state index in [1.54, 1.807) is 36.6 Å². The number of amides is 1. The molecule has 0 bridgehead atoms. The van der Waals surface area contributed by atoms with Crippen molar-refractivity contribution in [1.82, 2.24) is 4.57 Å². The zero-order valence-corrected chi connectivity index (χ0v) is 18.4. The molecule has 3 aromatic rings. The second-order valence-corrected chi connectivity index (χ2v) is 8.76. The average molecular weight is 459 g/mol.